The summed E-state index contributed by atoms with van der Waals surface area (Å²) in [5.41, 5.74) is 3.09. The Hall–Kier alpha value is -3.18. The molecule has 35 heavy (non-hydrogen) atoms. The van der Waals surface area contributed by atoms with Crippen LogP contribution in [0.3, 0.4) is 0 Å². The van der Waals surface area contributed by atoms with Crippen molar-refractivity contribution in [1.82, 2.24) is 19.9 Å². The normalized spacial score (nSPS) is 8.23. The standard InChI is InChI=1S/2C10H8N2.2C2H6.2CNS.Ru/c2*1-3-7-11-9(5-1)10-6-2-4-8-12-10;2*1-2;2*2-1-3;/h2*1-8H;2*1-2H3;;;/q;;;;2*-1;+2/i1D,2D;;;;;;. The molecule has 0 N–H and O–H groups in total. The van der Waals surface area contributed by atoms with Crippen LogP contribution >= 0.6 is 24.4 Å². The topological polar surface area (TPSA) is 96.2 Å². The predicted octanol–water partition coefficient (Wildman–Crippen LogP) is 7.65. The van der Waals surface area contributed by atoms with Crippen LogP contribution in [0.15, 0.2) is 97.5 Å². The van der Waals surface area contributed by atoms with Crippen molar-refractivity contribution in [3.63, 3.8) is 0 Å². The maximum Gasteiger partial charge on any atom is 2.00 e. The zero-order valence-corrected chi connectivity index (χ0v) is 23.3. The third kappa shape index (κ3) is 18.9. The minimum Gasteiger partial charge on any atom is -0.753 e. The van der Waals surface area contributed by atoms with E-state index in [0.29, 0.717) is 23.5 Å². The first kappa shape index (κ1) is 31.8. The van der Waals surface area contributed by atoms with Gasteiger partial charge in [-0.2, -0.15) is 10.3 Å². The number of aromatic nitrogens is 4. The van der Waals surface area contributed by atoms with Gasteiger partial charge in [-0.1, -0.05) is 76.3 Å². The first-order valence-corrected chi connectivity index (χ1v) is 11.1. The Morgan fingerprint density at radius 1 is 0.571 bits per heavy atom. The molecule has 4 heterocycles. The largest absolute Gasteiger partial charge is 2.00 e. The number of pyridine rings is 4. The van der Waals surface area contributed by atoms with Crippen LogP contribution in [0.1, 0.15) is 30.4 Å². The molecule has 4 rings (SSSR count). The fraction of sp³-hybridized carbons (Fsp3) is 0.154. The minimum atomic E-state index is 0. The van der Waals surface area contributed by atoms with Gasteiger partial charge < -0.3 is 10.8 Å². The van der Waals surface area contributed by atoms with Crippen molar-refractivity contribution in [2.75, 3.05) is 0 Å². The van der Waals surface area contributed by atoms with Gasteiger partial charge in [-0.15, -0.1) is 0 Å². The molecule has 0 fully saturated rings. The molecule has 182 valence electrons. The molecule has 0 aliphatic carbocycles. The van der Waals surface area contributed by atoms with E-state index in [-0.39, 0.29) is 19.5 Å². The molecule has 0 saturated heterocycles. The summed E-state index contributed by atoms with van der Waals surface area (Å²) >= 11 is 7.40. The van der Waals surface area contributed by atoms with E-state index in [1.54, 1.807) is 49.1 Å². The molecule has 0 atom stereocenters. The fourth-order valence-electron chi connectivity index (χ4n) is 1.96. The maximum absolute atomic E-state index is 7.42. The molecular weight excluding hydrogens is 562 g/mol. The Bertz CT molecular complexity index is 1060. The summed E-state index contributed by atoms with van der Waals surface area (Å²) in [6, 6.07) is 18.8. The van der Waals surface area contributed by atoms with Crippen LogP contribution in [-0.4, -0.2) is 30.3 Å². The van der Waals surface area contributed by atoms with Gasteiger partial charge in [0.2, 0.25) is 0 Å². The Morgan fingerprint density at radius 3 is 1.06 bits per heavy atom. The van der Waals surface area contributed by atoms with Crippen LogP contribution in [-0.2, 0) is 19.5 Å². The van der Waals surface area contributed by atoms with Crippen molar-refractivity contribution >= 4 is 34.8 Å². The molecule has 9 heteroatoms. The first-order valence-electron chi connectivity index (χ1n) is 11.3. The summed E-state index contributed by atoms with van der Waals surface area (Å²) in [5.74, 6) is 0. The smallest absolute Gasteiger partial charge is 0.753 e. The van der Waals surface area contributed by atoms with Crippen LogP contribution in [0.25, 0.3) is 33.6 Å². The number of nitrogens with zero attached hydrogens (tertiary/aromatic N) is 6. The predicted molar refractivity (Wildman–Crippen MR) is 150 cm³/mol. The fourth-order valence-corrected chi connectivity index (χ4v) is 1.96. The zero-order chi connectivity index (χ0) is 27.6. The molecule has 6 nitrogen and oxygen atoms in total. The first-order chi connectivity index (χ1) is 17.5. The second kappa shape index (κ2) is 28.9. The van der Waals surface area contributed by atoms with Crippen molar-refractivity contribution in [1.29, 1.82) is 0 Å². The monoisotopic (exact) mass is 592 g/mol. The molecule has 0 spiro atoms. The van der Waals surface area contributed by atoms with Crippen LogP contribution in [0, 0.1) is 0 Å². The Morgan fingerprint density at radius 2 is 0.829 bits per heavy atom. The van der Waals surface area contributed by atoms with E-state index in [1.165, 1.54) is 10.3 Å². The van der Waals surface area contributed by atoms with E-state index in [9.17, 15) is 0 Å². The zero-order valence-electron chi connectivity index (χ0n) is 21.9. The van der Waals surface area contributed by atoms with Gasteiger partial charge in [-0.3, -0.25) is 19.9 Å². The summed E-state index contributed by atoms with van der Waals surface area (Å²) in [6.45, 7) is 8.00. The van der Waals surface area contributed by atoms with E-state index in [1.807, 2.05) is 64.1 Å². The minimum absolute atomic E-state index is 0. The number of isothiocyanates is 2. The third-order valence-corrected chi connectivity index (χ3v) is 3.06. The Labute approximate surface area is 234 Å². The number of hydrogen-bond donors (Lipinski definition) is 0. The van der Waals surface area contributed by atoms with Gasteiger partial charge in [-0.25, -0.2) is 0 Å². The maximum atomic E-state index is 7.42. The molecule has 4 aromatic heterocycles. The quantitative estimate of drug-likeness (QED) is 0.135. The van der Waals surface area contributed by atoms with Gasteiger partial charge in [0, 0.05) is 24.8 Å². The third-order valence-electron chi connectivity index (χ3n) is 3.06. The van der Waals surface area contributed by atoms with Gasteiger partial charge in [0.15, 0.2) is 0 Å². The van der Waals surface area contributed by atoms with Crippen LogP contribution in [0.5, 0.6) is 0 Å². The van der Waals surface area contributed by atoms with E-state index in [0.717, 1.165) is 11.4 Å². The van der Waals surface area contributed by atoms with E-state index in [4.69, 9.17) is 13.6 Å². The molecule has 0 aromatic carbocycles. The number of rotatable bonds is 2. The summed E-state index contributed by atoms with van der Waals surface area (Å²) in [4.78, 5) is 16.5. The molecular formula is C26H28N6RuS2. The van der Waals surface area contributed by atoms with E-state index >= 15 is 0 Å². The molecule has 0 unspecified atom stereocenters. The molecule has 0 radical (unpaired) electrons. The molecule has 0 aliphatic rings. The van der Waals surface area contributed by atoms with Crippen molar-refractivity contribution in [3.05, 3.63) is 108 Å². The van der Waals surface area contributed by atoms with Gasteiger partial charge in [-0.05, 0) is 48.5 Å². The average molecular weight is 592 g/mol. The van der Waals surface area contributed by atoms with E-state index < -0.39 is 0 Å². The SMILES string of the molecule is CC.CC.[2H]c1ccnc(-c2cc([2H])ccn2)c1.[N-]=C=S.[N-]=C=S.[Ru+2].c1ccc(-c2ccccn2)nc1. The Balaban J connectivity index is -0.000000458. The summed E-state index contributed by atoms with van der Waals surface area (Å²) in [7, 11) is 0. The number of hydrogen-bond acceptors (Lipinski definition) is 6. The average Bonchev–Trinajstić information content (AvgIpc) is 2.93. The summed E-state index contributed by atoms with van der Waals surface area (Å²) in [6.07, 6.45) is 6.67. The second-order valence-corrected chi connectivity index (χ2v) is 5.26. The molecule has 0 amide bonds. The van der Waals surface area contributed by atoms with Gasteiger partial charge in [0.05, 0.1) is 25.5 Å². The van der Waals surface area contributed by atoms with Crippen LogP contribution < -0.4 is 0 Å². The van der Waals surface area contributed by atoms with E-state index in [2.05, 4.69) is 44.4 Å². The second-order valence-electron chi connectivity index (χ2n) is 4.89. The summed E-state index contributed by atoms with van der Waals surface area (Å²) < 4.78 is 14.8. The van der Waals surface area contributed by atoms with Gasteiger partial charge in [0.25, 0.3) is 0 Å². The number of thiocarbonyl (C=S) groups is 2. The van der Waals surface area contributed by atoms with Crippen LogP contribution in [0.4, 0.5) is 0 Å². The van der Waals surface area contributed by atoms with Crippen molar-refractivity contribution in [2.24, 2.45) is 0 Å². The summed E-state index contributed by atoms with van der Waals surface area (Å²) in [5, 5.41) is 16.9. The van der Waals surface area contributed by atoms with Crippen molar-refractivity contribution < 1.29 is 22.2 Å². The van der Waals surface area contributed by atoms with Crippen molar-refractivity contribution in [2.45, 2.75) is 27.7 Å². The molecule has 0 aliphatic heterocycles. The molecule has 0 bridgehead atoms. The van der Waals surface area contributed by atoms with Gasteiger partial charge >= 0.3 is 19.5 Å². The Kier molecular flexibility index (Phi) is 26.2. The molecule has 4 aromatic rings. The van der Waals surface area contributed by atoms with Gasteiger partial charge in [0.1, 0.15) is 0 Å². The van der Waals surface area contributed by atoms with Crippen LogP contribution in [0.2, 0.25) is 0 Å². The van der Waals surface area contributed by atoms with Crippen molar-refractivity contribution in [3.8, 4) is 22.8 Å². The molecule has 0 saturated carbocycles.